The average molecular weight is 712 g/mol. The van der Waals surface area contributed by atoms with Crippen LogP contribution in [0.15, 0.2) is 42.6 Å². The molecule has 7 rings (SSSR count). The van der Waals surface area contributed by atoms with Crippen molar-refractivity contribution in [3.05, 3.63) is 70.5 Å². The molecule has 0 radical (unpaired) electrons. The van der Waals surface area contributed by atoms with E-state index in [9.17, 15) is 13.8 Å². The molecular weight excluding hydrogens is 663 g/mol. The van der Waals surface area contributed by atoms with Crippen LogP contribution in [0.1, 0.15) is 110 Å². The zero-order valence-corrected chi connectivity index (χ0v) is 31.2. The molecule has 1 saturated heterocycles. The van der Waals surface area contributed by atoms with Crippen LogP contribution in [-0.4, -0.2) is 73.4 Å². The fourth-order valence-electron chi connectivity index (χ4n) is 8.04. The Morgan fingerprint density at radius 2 is 1.88 bits per heavy atom. The number of carbonyl (C=O) groups excluding carboxylic acids is 2. The Morgan fingerprint density at radius 1 is 1.08 bits per heavy atom. The number of fused-ring (bicyclic) bond motifs is 5. The average Bonchev–Trinajstić information content (AvgIpc) is 3.68. The minimum Gasteiger partial charge on any atom is -0.497 e. The van der Waals surface area contributed by atoms with E-state index in [1.165, 1.54) is 24.8 Å². The predicted molar refractivity (Wildman–Crippen MR) is 202 cm³/mol. The summed E-state index contributed by atoms with van der Waals surface area (Å²) in [6.45, 7) is 10.4. The largest absolute Gasteiger partial charge is 0.497 e. The highest BCUT2D eigenvalue weighted by molar-refractivity contribution is 7.84. The molecule has 10 nitrogen and oxygen atoms in total. The summed E-state index contributed by atoms with van der Waals surface area (Å²) < 4.78 is 31.2. The summed E-state index contributed by atoms with van der Waals surface area (Å²) in [5.41, 5.74) is 8.27. The molecule has 270 valence electrons. The number of aromatic nitrogens is 3. The number of amides is 2. The van der Waals surface area contributed by atoms with Gasteiger partial charge in [0.2, 0.25) is 0 Å². The highest BCUT2D eigenvalue weighted by Gasteiger charge is 2.33. The third-order valence-corrected chi connectivity index (χ3v) is 12.0. The van der Waals surface area contributed by atoms with Crippen LogP contribution < -0.4 is 9.46 Å². The smallest absolute Gasteiger partial charge is 0.263 e. The molecule has 1 N–H and O–H groups in total. The number of aryl methyl sites for hydroxylation is 1. The molecular formula is C40H49N5O5S. The number of nitrogens with zero attached hydrogens (tertiary/aromatic N) is 4. The molecule has 3 aliphatic rings. The number of morpholine rings is 1. The van der Waals surface area contributed by atoms with Crippen molar-refractivity contribution >= 4 is 45.4 Å². The molecule has 1 unspecified atom stereocenters. The maximum absolute atomic E-state index is 14.3. The van der Waals surface area contributed by atoms with Crippen LogP contribution in [0.2, 0.25) is 0 Å². The van der Waals surface area contributed by atoms with Gasteiger partial charge in [-0.3, -0.25) is 19.0 Å². The SMILES string of the molecule is CC[C@H]1CN(C(=O)c2cnn(CC)c2C2=Cc3cc(OC)ccc3-c3c(C4CCCCC4)c4ccc(C(=O)NS(=O)C(C)C)cc4n3C2)CCO1. The van der Waals surface area contributed by atoms with Crippen LogP contribution in [0.25, 0.3) is 33.8 Å². The van der Waals surface area contributed by atoms with Crippen molar-refractivity contribution in [2.24, 2.45) is 0 Å². The van der Waals surface area contributed by atoms with Crippen molar-refractivity contribution in [3.63, 3.8) is 0 Å². The van der Waals surface area contributed by atoms with Crippen molar-refractivity contribution < 1.29 is 23.3 Å². The normalized spacial score (nSPS) is 18.6. The molecule has 11 heteroatoms. The zero-order valence-electron chi connectivity index (χ0n) is 30.4. The number of allylic oxidation sites excluding steroid dienone is 1. The summed E-state index contributed by atoms with van der Waals surface area (Å²) >= 11 is 0. The lowest BCUT2D eigenvalue weighted by Gasteiger charge is -2.32. The van der Waals surface area contributed by atoms with Crippen LogP contribution >= 0.6 is 0 Å². The highest BCUT2D eigenvalue weighted by Crippen LogP contribution is 2.48. The fraction of sp³-hybridized carbons (Fsp3) is 0.475. The Balaban J connectivity index is 1.44. The van der Waals surface area contributed by atoms with E-state index >= 15 is 0 Å². The Kier molecular flexibility index (Phi) is 10.2. The van der Waals surface area contributed by atoms with E-state index in [0.717, 1.165) is 64.0 Å². The summed E-state index contributed by atoms with van der Waals surface area (Å²) in [6.07, 6.45) is 10.6. The van der Waals surface area contributed by atoms with E-state index in [-0.39, 0.29) is 23.2 Å². The fourth-order valence-corrected chi connectivity index (χ4v) is 8.57. The van der Waals surface area contributed by atoms with Gasteiger partial charge in [0.15, 0.2) is 0 Å². The lowest BCUT2D eigenvalue weighted by molar-refractivity contribution is -0.0226. The first-order valence-corrected chi connectivity index (χ1v) is 19.7. The van der Waals surface area contributed by atoms with Crippen molar-refractivity contribution in [1.82, 2.24) is 24.0 Å². The van der Waals surface area contributed by atoms with Gasteiger partial charge in [-0.25, -0.2) is 4.21 Å². The first kappa shape index (κ1) is 35.2. The second-order valence-electron chi connectivity index (χ2n) is 14.2. The highest BCUT2D eigenvalue weighted by atomic mass is 32.2. The van der Waals surface area contributed by atoms with Gasteiger partial charge in [-0.2, -0.15) is 5.10 Å². The topological polar surface area (TPSA) is 108 Å². The summed E-state index contributed by atoms with van der Waals surface area (Å²) in [4.78, 5) is 29.7. The van der Waals surface area contributed by atoms with Gasteiger partial charge in [0, 0.05) is 46.9 Å². The van der Waals surface area contributed by atoms with Crippen LogP contribution in [0.4, 0.5) is 0 Å². The van der Waals surface area contributed by atoms with E-state index in [0.29, 0.717) is 49.8 Å². The molecule has 0 bridgehead atoms. The standard InChI is InChI=1S/C40H49N5O5S/c1-6-30-24-43(17-18-50-30)40(47)34-22-41-45(7-2)37(34)29-19-28-20-31(49-5)14-16-32(28)38-36(26-11-9-8-10-12-26)33-15-13-27(21-35(33)44(38)23-29)39(46)42-51(48)25(3)4/h13-16,19-22,25-26,30H,6-12,17-18,23-24H2,1-5H3,(H,42,46)/t30-,51?/m0/s1. The number of hydrogen-bond donors (Lipinski definition) is 1. The number of benzene rings is 2. The first-order valence-electron chi connectivity index (χ1n) is 18.5. The van der Waals surface area contributed by atoms with Gasteiger partial charge in [0.05, 0.1) is 49.5 Å². The third kappa shape index (κ3) is 6.66. The van der Waals surface area contributed by atoms with Crippen molar-refractivity contribution in [2.45, 2.75) is 96.6 Å². The summed E-state index contributed by atoms with van der Waals surface area (Å²) in [7, 11) is 0.186. The van der Waals surface area contributed by atoms with Gasteiger partial charge in [-0.15, -0.1) is 0 Å². The van der Waals surface area contributed by atoms with Gasteiger partial charge in [-0.05, 0) is 99.1 Å². The van der Waals surface area contributed by atoms with Gasteiger partial charge in [-0.1, -0.05) is 32.3 Å². The van der Waals surface area contributed by atoms with Crippen molar-refractivity contribution in [2.75, 3.05) is 26.8 Å². The molecule has 1 aliphatic carbocycles. The van der Waals surface area contributed by atoms with E-state index in [1.807, 2.05) is 48.6 Å². The second kappa shape index (κ2) is 14.8. The van der Waals surface area contributed by atoms with Gasteiger partial charge < -0.3 is 18.9 Å². The molecule has 2 amide bonds. The van der Waals surface area contributed by atoms with Crippen LogP contribution in [0.3, 0.4) is 0 Å². The third-order valence-electron chi connectivity index (χ3n) is 10.7. The number of hydrogen-bond acceptors (Lipinski definition) is 6. The maximum atomic E-state index is 14.3. The number of carbonyl (C=O) groups is 2. The Bertz CT molecular complexity index is 2020. The van der Waals surface area contributed by atoms with E-state index in [4.69, 9.17) is 14.6 Å². The molecule has 2 aromatic carbocycles. The minimum absolute atomic E-state index is 0.0141. The molecule has 4 heterocycles. The van der Waals surface area contributed by atoms with Crippen LogP contribution in [0, 0.1) is 0 Å². The summed E-state index contributed by atoms with van der Waals surface area (Å²) in [5, 5.41) is 5.67. The van der Waals surface area contributed by atoms with Crippen LogP contribution in [0.5, 0.6) is 5.75 Å². The van der Waals surface area contributed by atoms with E-state index in [2.05, 4.69) is 40.5 Å². The van der Waals surface area contributed by atoms with E-state index in [1.54, 1.807) is 13.3 Å². The summed E-state index contributed by atoms with van der Waals surface area (Å²) in [5.74, 6) is 0.721. The Morgan fingerprint density at radius 3 is 2.61 bits per heavy atom. The van der Waals surface area contributed by atoms with Crippen molar-refractivity contribution in [3.8, 4) is 17.0 Å². The van der Waals surface area contributed by atoms with Gasteiger partial charge in [0.1, 0.15) is 16.7 Å². The number of methoxy groups -OCH3 is 1. The first-order chi connectivity index (χ1) is 24.7. The quantitative estimate of drug-likeness (QED) is 0.197. The molecule has 2 fully saturated rings. The number of nitrogens with one attached hydrogen (secondary N) is 1. The minimum atomic E-state index is -1.50. The Labute approximate surface area is 302 Å². The molecule has 2 aliphatic heterocycles. The summed E-state index contributed by atoms with van der Waals surface area (Å²) in [6, 6.07) is 12.1. The number of ether oxygens (including phenoxy) is 2. The molecule has 2 atom stereocenters. The molecule has 4 aromatic rings. The Hall–Kier alpha value is -4.22. The van der Waals surface area contributed by atoms with Gasteiger partial charge in [0.25, 0.3) is 11.8 Å². The van der Waals surface area contributed by atoms with Crippen LogP contribution in [-0.2, 0) is 28.8 Å². The molecule has 51 heavy (non-hydrogen) atoms. The predicted octanol–water partition coefficient (Wildman–Crippen LogP) is 7.19. The monoisotopic (exact) mass is 711 g/mol. The second-order valence-corrected chi connectivity index (χ2v) is 15.9. The molecule has 0 spiro atoms. The lowest BCUT2D eigenvalue weighted by atomic mass is 9.81. The zero-order chi connectivity index (χ0) is 35.8. The maximum Gasteiger partial charge on any atom is 0.263 e. The number of rotatable bonds is 9. The molecule has 2 aromatic heterocycles. The van der Waals surface area contributed by atoms with Crippen molar-refractivity contribution in [1.29, 1.82) is 0 Å². The van der Waals surface area contributed by atoms with Gasteiger partial charge >= 0.3 is 0 Å². The van der Waals surface area contributed by atoms with E-state index < -0.39 is 11.0 Å². The lowest BCUT2D eigenvalue weighted by Crippen LogP contribution is -2.45. The molecule has 1 saturated carbocycles.